The first-order valence-corrected chi connectivity index (χ1v) is 10.9. The fourth-order valence-electron chi connectivity index (χ4n) is 2.94. The predicted molar refractivity (Wildman–Crippen MR) is 111 cm³/mol. The van der Waals surface area contributed by atoms with Gasteiger partial charge in [-0.15, -0.1) is 0 Å². The number of rotatable bonds is 9. The van der Waals surface area contributed by atoms with E-state index in [-0.39, 0.29) is 17.4 Å². The van der Waals surface area contributed by atoms with Crippen molar-refractivity contribution in [2.75, 3.05) is 25.0 Å². The number of para-hydroxylation sites is 1. The van der Waals surface area contributed by atoms with Crippen LogP contribution in [0.25, 0.3) is 0 Å². The average molecular weight is 405 g/mol. The topological polar surface area (TPSA) is 75.7 Å². The van der Waals surface area contributed by atoms with Crippen molar-refractivity contribution in [3.63, 3.8) is 0 Å². The van der Waals surface area contributed by atoms with Gasteiger partial charge in [-0.05, 0) is 42.7 Å². The highest BCUT2D eigenvalue weighted by Crippen LogP contribution is 2.24. The third kappa shape index (κ3) is 5.11. The van der Waals surface area contributed by atoms with Crippen LogP contribution < -0.4 is 10.1 Å². The first-order valence-electron chi connectivity index (χ1n) is 9.44. The molecule has 1 amide bonds. The maximum Gasteiger partial charge on any atom is 0.262 e. The van der Waals surface area contributed by atoms with Crippen LogP contribution in [-0.4, -0.2) is 38.3 Å². The van der Waals surface area contributed by atoms with E-state index in [0.717, 1.165) is 12.0 Å². The second-order valence-electron chi connectivity index (χ2n) is 6.37. The molecular formula is C21H28N2O4S. The summed E-state index contributed by atoms with van der Waals surface area (Å²) in [6.07, 6.45) is 0.808. The summed E-state index contributed by atoms with van der Waals surface area (Å²) in [5.74, 6) is 0.329. The maximum atomic E-state index is 12.8. The highest BCUT2D eigenvalue weighted by molar-refractivity contribution is 7.89. The van der Waals surface area contributed by atoms with Crippen molar-refractivity contribution in [2.24, 2.45) is 0 Å². The summed E-state index contributed by atoms with van der Waals surface area (Å²) >= 11 is 0. The molecule has 0 unspecified atom stereocenters. The number of carbonyl (C=O) groups is 1. The first kappa shape index (κ1) is 21.9. The normalized spacial score (nSPS) is 11.5. The Labute approximate surface area is 167 Å². The molecule has 2 rings (SSSR count). The molecular weight excluding hydrogens is 376 g/mol. The summed E-state index contributed by atoms with van der Waals surface area (Å²) in [6.45, 7) is 7.99. The quantitative estimate of drug-likeness (QED) is 0.693. The number of aryl methyl sites for hydroxylation is 2. The third-order valence-corrected chi connectivity index (χ3v) is 6.70. The Morgan fingerprint density at radius 2 is 1.75 bits per heavy atom. The van der Waals surface area contributed by atoms with Gasteiger partial charge in [0.2, 0.25) is 10.0 Å². The van der Waals surface area contributed by atoms with E-state index in [1.54, 1.807) is 32.9 Å². The number of ether oxygens (including phenoxy) is 1. The Morgan fingerprint density at radius 1 is 1.07 bits per heavy atom. The molecule has 0 aromatic heterocycles. The van der Waals surface area contributed by atoms with E-state index < -0.39 is 10.0 Å². The molecule has 0 aliphatic rings. The van der Waals surface area contributed by atoms with Crippen LogP contribution in [0.3, 0.4) is 0 Å². The van der Waals surface area contributed by atoms with Crippen molar-refractivity contribution in [3.05, 3.63) is 53.6 Å². The van der Waals surface area contributed by atoms with Crippen molar-refractivity contribution in [2.45, 2.75) is 39.0 Å². The minimum atomic E-state index is -3.60. The molecule has 0 heterocycles. The van der Waals surface area contributed by atoms with Gasteiger partial charge in [-0.25, -0.2) is 8.42 Å². The van der Waals surface area contributed by atoms with Crippen molar-refractivity contribution in [1.29, 1.82) is 0 Å². The lowest BCUT2D eigenvalue weighted by molar-refractivity contribution is -0.118. The summed E-state index contributed by atoms with van der Waals surface area (Å²) in [5, 5.41) is 2.72. The predicted octanol–water partition coefficient (Wildman–Crippen LogP) is 3.61. The largest absolute Gasteiger partial charge is 0.483 e. The van der Waals surface area contributed by atoms with Crippen LogP contribution in [-0.2, 0) is 21.2 Å². The number of hydrogen-bond acceptors (Lipinski definition) is 4. The fraction of sp³-hybridized carbons (Fsp3) is 0.381. The van der Waals surface area contributed by atoms with Gasteiger partial charge in [-0.3, -0.25) is 4.79 Å². The van der Waals surface area contributed by atoms with E-state index in [1.165, 1.54) is 10.4 Å². The molecule has 2 aromatic carbocycles. The minimum Gasteiger partial charge on any atom is -0.483 e. The fourth-order valence-corrected chi connectivity index (χ4v) is 4.64. The molecule has 0 radical (unpaired) electrons. The lowest BCUT2D eigenvalue weighted by Crippen LogP contribution is -2.31. The summed E-state index contributed by atoms with van der Waals surface area (Å²) in [7, 11) is -3.60. The number of nitrogens with zero attached hydrogens (tertiary/aromatic N) is 1. The number of hydrogen-bond donors (Lipinski definition) is 1. The number of sulfonamides is 1. The summed E-state index contributed by atoms with van der Waals surface area (Å²) in [5.41, 5.74) is 2.09. The molecule has 7 heteroatoms. The number of benzene rings is 2. The molecule has 2 aromatic rings. The zero-order chi connectivity index (χ0) is 20.7. The molecule has 0 saturated heterocycles. The second-order valence-corrected chi connectivity index (χ2v) is 8.27. The monoisotopic (exact) mass is 404 g/mol. The van der Waals surface area contributed by atoms with E-state index in [2.05, 4.69) is 5.32 Å². The van der Waals surface area contributed by atoms with Crippen LogP contribution >= 0.6 is 0 Å². The molecule has 0 spiro atoms. The summed E-state index contributed by atoms with van der Waals surface area (Å²) in [6, 6.07) is 12.4. The molecule has 0 aliphatic carbocycles. The molecule has 1 N–H and O–H groups in total. The second kappa shape index (κ2) is 9.71. The van der Waals surface area contributed by atoms with Crippen molar-refractivity contribution in [1.82, 2.24) is 4.31 Å². The maximum absolute atomic E-state index is 12.8. The Kier molecular flexibility index (Phi) is 7.60. The highest BCUT2D eigenvalue weighted by Gasteiger charge is 2.24. The van der Waals surface area contributed by atoms with E-state index >= 15 is 0 Å². The van der Waals surface area contributed by atoms with Gasteiger partial charge in [-0.2, -0.15) is 4.31 Å². The van der Waals surface area contributed by atoms with Crippen LogP contribution in [0.2, 0.25) is 0 Å². The molecule has 0 bridgehead atoms. The summed E-state index contributed by atoms with van der Waals surface area (Å²) < 4.78 is 32.7. The zero-order valence-corrected chi connectivity index (χ0v) is 17.7. The van der Waals surface area contributed by atoms with E-state index in [0.29, 0.717) is 30.1 Å². The van der Waals surface area contributed by atoms with Gasteiger partial charge in [0.25, 0.3) is 5.91 Å². The molecule has 28 heavy (non-hydrogen) atoms. The van der Waals surface area contributed by atoms with Gasteiger partial charge < -0.3 is 10.1 Å². The van der Waals surface area contributed by atoms with Gasteiger partial charge in [0, 0.05) is 18.8 Å². The van der Waals surface area contributed by atoms with E-state index in [9.17, 15) is 13.2 Å². The standard InChI is InChI=1S/C21H28N2O4S/c1-5-17-10-8-9-11-19(17)27-15-21(24)22-18-13-12-16(4)20(14-18)28(25,26)23(6-2)7-3/h8-14H,5-7,15H2,1-4H3,(H,22,24). The Hall–Kier alpha value is -2.38. The van der Waals surface area contributed by atoms with Crippen LogP contribution in [0, 0.1) is 6.92 Å². The van der Waals surface area contributed by atoms with Crippen molar-refractivity contribution < 1.29 is 17.9 Å². The SMILES string of the molecule is CCc1ccccc1OCC(=O)Nc1ccc(C)c(S(=O)(=O)N(CC)CC)c1. The first-order chi connectivity index (χ1) is 13.3. The number of anilines is 1. The number of carbonyl (C=O) groups excluding carboxylic acids is 1. The Bertz CT molecular complexity index is 922. The van der Waals surface area contributed by atoms with Gasteiger partial charge >= 0.3 is 0 Å². The molecule has 0 fully saturated rings. The van der Waals surface area contributed by atoms with E-state index in [1.807, 2.05) is 31.2 Å². The molecule has 152 valence electrons. The van der Waals surface area contributed by atoms with Gasteiger partial charge in [0.1, 0.15) is 5.75 Å². The smallest absolute Gasteiger partial charge is 0.262 e. The van der Waals surface area contributed by atoms with Gasteiger partial charge in [0.05, 0.1) is 4.90 Å². The zero-order valence-electron chi connectivity index (χ0n) is 16.9. The van der Waals surface area contributed by atoms with Gasteiger partial charge in [0.15, 0.2) is 6.61 Å². The number of amides is 1. The van der Waals surface area contributed by atoms with E-state index in [4.69, 9.17) is 4.74 Å². The average Bonchev–Trinajstić information content (AvgIpc) is 2.68. The van der Waals surface area contributed by atoms with Crippen LogP contribution in [0.15, 0.2) is 47.4 Å². The molecule has 0 aliphatic heterocycles. The van der Waals surface area contributed by atoms with Crippen molar-refractivity contribution in [3.8, 4) is 5.75 Å². The Balaban J connectivity index is 2.13. The molecule has 0 saturated carbocycles. The lowest BCUT2D eigenvalue weighted by Gasteiger charge is -2.20. The minimum absolute atomic E-state index is 0.150. The van der Waals surface area contributed by atoms with Crippen LogP contribution in [0.5, 0.6) is 5.75 Å². The summed E-state index contributed by atoms with van der Waals surface area (Å²) in [4.78, 5) is 12.5. The number of nitrogens with one attached hydrogen (secondary N) is 1. The third-order valence-electron chi connectivity index (χ3n) is 4.51. The van der Waals surface area contributed by atoms with Crippen molar-refractivity contribution >= 4 is 21.6 Å². The highest BCUT2D eigenvalue weighted by atomic mass is 32.2. The lowest BCUT2D eigenvalue weighted by atomic mass is 10.1. The van der Waals surface area contributed by atoms with Crippen LogP contribution in [0.1, 0.15) is 31.9 Å². The molecule has 0 atom stereocenters. The van der Waals surface area contributed by atoms with Gasteiger partial charge in [-0.1, -0.05) is 45.0 Å². The Morgan fingerprint density at radius 3 is 2.39 bits per heavy atom. The molecule has 6 nitrogen and oxygen atoms in total. The van der Waals surface area contributed by atoms with Crippen LogP contribution in [0.4, 0.5) is 5.69 Å².